The summed E-state index contributed by atoms with van der Waals surface area (Å²) >= 11 is 6.68. The molecule has 0 aliphatic rings. The fourth-order valence-electron chi connectivity index (χ4n) is 2.05. The first-order valence-corrected chi connectivity index (χ1v) is 9.32. The molecule has 2 aromatic rings. The van der Waals surface area contributed by atoms with Crippen LogP contribution in [-0.4, -0.2) is 23.3 Å². The van der Waals surface area contributed by atoms with Gasteiger partial charge < -0.3 is 9.84 Å². The fraction of sp³-hybridized carbons (Fsp3) is 0.222. The Morgan fingerprint density at radius 1 is 1.24 bits per heavy atom. The van der Waals surface area contributed by atoms with Crippen molar-refractivity contribution in [1.29, 1.82) is 0 Å². The van der Waals surface area contributed by atoms with E-state index < -0.39 is 6.10 Å². The zero-order valence-electron chi connectivity index (χ0n) is 13.6. The van der Waals surface area contributed by atoms with Gasteiger partial charge in [0, 0.05) is 14.5 Å². The summed E-state index contributed by atoms with van der Waals surface area (Å²) < 4.78 is 7.50. The molecule has 0 heterocycles. The van der Waals surface area contributed by atoms with Crippen LogP contribution in [-0.2, 0) is 4.79 Å². The molecule has 1 unspecified atom stereocenters. The van der Waals surface area contributed by atoms with Crippen molar-refractivity contribution < 1.29 is 14.6 Å². The maximum absolute atomic E-state index is 12.3. The number of hydrazone groups is 1. The van der Waals surface area contributed by atoms with E-state index in [-0.39, 0.29) is 11.7 Å². The summed E-state index contributed by atoms with van der Waals surface area (Å²) in [5, 5.41) is 13.7. The van der Waals surface area contributed by atoms with Gasteiger partial charge in [0.2, 0.25) is 0 Å². The van der Waals surface area contributed by atoms with Gasteiger partial charge in [0.05, 0.1) is 6.21 Å². The van der Waals surface area contributed by atoms with E-state index in [1.807, 2.05) is 19.1 Å². The van der Waals surface area contributed by atoms with E-state index in [4.69, 9.17) is 4.74 Å². The van der Waals surface area contributed by atoms with Crippen LogP contribution in [0.15, 0.2) is 56.5 Å². The summed E-state index contributed by atoms with van der Waals surface area (Å²) in [6.07, 6.45) is 2.12. The van der Waals surface area contributed by atoms with Gasteiger partial charge in [-0.25, -0.2) is 5.43 Å². The standard InChI is InChI=1S/C18H18Br2N2O3/c1-2-3-17(25-15-7-4-13(19)5-8-15)18(24)22-21-11-12-10-14(20)6-9-16(12)23/h4-11,17,23H,2-3H2,1H3,(H,22,24). The maximum atomic E-state index is 12.3. The third kappa shape index (κ3) is 6.17. The normalized spacial score (nSPS) is 12.1. The molecular weight excluding hydrogens is 452 g/mol. The molecule has 0 aliphatic carbocycles. The number of hydrogen-bond acceptors (Lipinski definition) is 4. The molecule has 0 saturated carbocycles. The Balaban J connectivity index is 2.00. The molecule has 2 aromatic carbocycles. The number of benzene rings is 2. The second kappa shape index (κ2) is 9.58. The number of phenols is 1. The molecule has 0 spiro atoms. The lowest BCUT2D eigenvalue weighted by Gasteiger charge is -2.16. The van der Waals surface area contributed by atoms with Crippen molar-refractivity contribution in [2.45, 2.75) is 25.9 Å². The molecular formula is C18H18Br2N2O3. The van der Waals surface area contributed by atoms with Crippen molar-refractivity contribution in [3.8, 4) is 11.5 Å². The van der Waals surface area contributed by atoms with Gasteiger partial charge in [0.1, 0.15) is 11.5 Å². The van der Waals surface area contributed by atoms with E-state index in [9.17, 15) is 9.90 Å². The predicted molar refractivity (Wildman–Crippen MR) is 105 cm³/mol. The van der Waals surface area contributed by atoms with Gasteiger partial charge in [-0.2, -0.15) is 5.10 Å². The number of hydrogen-bond donors (Lipinski definition) is 2. The lowest BCUT2D eigenvalue weighted by Crippen LogP contribution is -2.35. The van der Waals surface area contributed by atoms with Crippen LogP contribution in [0.4, 0.5) is 0 Å². The highest BCUT2D eigenvalue weighted by molar-refractivity contribution is 9.10. The summed E-state index contributed by atoms with van der Waals surface area (Å²) in [5.74, 6) is 0.360. The average molecular weight is 470 g/mol. The first-order chi connectivity index (χ1) is 12.0. The Bertz CT molecular complexity index is 748. The van der Waals surface area contributed by atoms with Crippen molar-refractivity contribution in [1.82, 2.24) is 5.43 Å². The largest absolute Gasteiger partial charge is 0.507 e. The molecule has 0 radical (unpaired) electrons. The molecule has 0 bridgehead atoms. The van der Waals surface area contributed by atoms with Crippen molar-refractivity contribution >= 4 is 44.0 Å². The van der Waals surface area contributed by atoms with Crippen molar-refractivity contribution in [2.24, 2.45) is 5.10 Å². The molecule has 0 aliphatic heterocycles. The molecule has 132 valence electrons. The molecule has 2 rings (SSSR count). The van der Waals surface area contributed by atoms with Gasteiger partial charge >= 0.3 is 0 Å². The smallest absolute Gasteiger partial charge is 0.281 e. The van der Waals surface area contributed by atoms with Crippen LogP contribution in [0.3, 0.4) is 0 Å². The SMILES string of the molecule is CCCC(Oc1ccc(Br)cc1)C(=O)NN=Cc1cc(Br)ccc1O. The van der Waals surface area contributed by atoms with E-state index in [1.165, 1.54) is 6.21 Å². The zero-order chi connectivity index (χ0) is 18.2. The third-order valence-corrected chi connectivity index (χ3v) is 4.33. The minimum absolute atomic E-state index is 0.0809. The van der Waals surface area contributed by atoms with Gasteiger partial charge in [0.25, 0.3) is 5.91 Å². The topological polar surface area (TPSA) is 70.9 Å². The first kappa shape index (κ1) is 19.5. The Morgan fingerprint density at radius 2 is 1.92 bits per heavy atom. The number of ether oxygens (including phenoxy) is 1. The fourth-order valence-corrected chi connectivity index (χ4v) is 2.69. The molecule has 1 atom stereocenters. The van der Waals surface area contributed by atoms with E-state index in [0.717, 1.165) is 15.4 Å². The quantitative estimate of drug-likeness (QED) is 0.459. The summed E-state index contributed by atoms with van der Waals surface area (Å²) in [7, 11) is 0. The molecule has 0 aromatic heterocycles. The second-order valence-electron chi connectivity index (χ2n) is 5.29. The van der Waals surface area contributed by atoms with E-state index in [1.54, 1.807) is 30.3 Å². The number of aromatic hydroxyl groups is 1. The van der Waals surface area contributed by atoms with Gasteiger partial charge in [0.15, 0.2) is 6.10 Å². The highest BCUT2D eigenvalue weighted by Gasteiger charge is 2.19. The van der Waals surface area contributed by atoms with Gasteiger partial charge in [-0.3, -0.25) is 4.79 Å². The van der Waals surface area contributed by atoms with Crippen LogP contribution in [0.25, 0.3) is 0 Å². The maximum Gasteiger partial charge on any atom is 0.281 e. The van der Waals surface area contributed by atoms with Crippen molar-refractivity contribution in [3.05, 3.63) is 57.0 Å². The number of phenolic OH excluding ortho intramolecular Hbond substituents is 1. The van der Waals surface area contributed by atoms with Crippen LogP contribution < -0.4 is 10.2 Å². The molecule has 0 fully saturated rings. The molecule has 25 heavy (non-hydrogen) atoms. The molecule has 5 nitrogen and oxygen atoms in total. The highest BCUT2D eigenvalue weighted by atomic mass is 79.9. The lowest BCUT2D eigenvalue weighted by molar-refractivity contribution is -0.128. The van der Waals surface area contributed by atoms with Crippen LogP contribution in [0.1, 0.15) is 25.3 Å². The summed E-state index contributed by atoms with van der Waals surface area (Å²) in [6.45, 7) is 1.98. The van der Waals surface area contributed by atoms with Crippen molar-refractivity contribution in [3.63, 3.8) is 0 Å². The molecule has 1 amide bonds. The highest BCUT2D eigenvalue weighted by Crippen LogP contribution is 2.20. The van der Waals surface area contributed by atoms with Crippen LogP contribution >= 0.6 is 31.9 Å². The van der Waals surface area contributed by atoms with Gasteiger partial charge in [-0.1, -0.05) is 45.2 Å². The van der Waals surface area contributed by atoms with E-state index in [0.29, 0.717) is 17.7 Å². The van der Waals surface area contributed by atoms with Crippen LogP contribution in [0, 0.1) is 0 Å². The van der Waals surface area contributed by atoms with E-state index in [2.05, 4.69) is 42.4 Å². The van der Waals surface area contributed by atoms with Gasteiger partial charge in [-0.15, -0.1) is 0 Å². The summed E-state index contributed by atoms with van der Waals surface area (Å²) in [4.78, 5) is 12.3. The summed E-state index contributed by atoms with van der Waals surface area (Å²) in [6, 6.07) is 12.3. The summed E-state index contributed by atoms with van der Waals surface area (Å²) in [5.41, 5.74) is 2.96. The Morgan fingerprint density at radius 3 is 2.60 bits per heavy atom. The second-order valence-corrected chi connectivity index (χ2v) is 7.12. The van der Waals surface area contributed by atoms with Crippen LogP contribution in [0.2, 0.25) is 0 Å². The number of carbonyl (C=O) groups is 1. The number of carbonyl (C=O) groups excluding carboxylic acids is 1. The Kier molecular flexibility index (Phi) is 7.46. The number of amides is 1. The zero-order valence-corrected chi connectivity index (χ0v) is 16.7. The number of nitrogens with one attached hydrogen (secondary N) is 1. The number of rotatable bonds is 7. The molecule has 2 N–H and O–H groups in total. The first-order valence-electron chi connectivity index (χ1n) is 7.73. The minimum atomic E-state index is -0.639. The third-order valence-electron chi connectivity index (χ3n) is 3.30. The lowest BCUT2D eigenvalue weighted by atomic mass is 10.2. The number of halogens is 2. The Labute approximate surface area is 163 Å². The van der Waals surface area contributed by atoms with Gasteiger partial charge in [-0.05, 0) is 48.9 Å². The molecule has 0 saturated heterocycles. The van der Waals surface area contributed by atoms with E-state index >= 15 is 0 Å². The molecule has 7 heteroatoms. The average Bonchev–Trinajstić information content (AvgIpc) is 2.59. The van der Waals surface area contributed by atoms with Crippen molar-refractivity contribution in [2.75, 3.05) is 0 Å². The Hall–Kier alpha value is -1.86. The predicted octanol–water partition coefficient (Wildman–Crippen LogP) is 4.62. The number of nitrogens with zero attached hydrogens (tertiary/aromatic N) is 1. The minimum Gasteiger partial charge on any atom is -0.507 e. The van der Waals surface area contributed by atoms with Crippen LogP contribution in [0.5, 0.6) is 11.5 Å². The monoisotopic (exact) mass is 468 g/mol.